The Labute approximate surface area is 190 Å². The number of benzene rings is 3. The van der Waals surface area contributed by atoms with Gasteiger partial charge in [-0.15, -0.1) is 6.58 Å². The third kappa shape index (κ3) is 4.96. The SMILES string of the molecule is C=CC(F)Cc1ccc(C(C)c2ccnc(C#Cc3c(F)c(F)cc4ccccc34)n2)cc1. The van der Waals surface area contributed by atoms with Crippen LogP contribution in [0.5, 0.6) is 0 Å². The number of fused-ring (bicyclic) bond motifs is 1. The van der Waals surface area contributed by atoms with Crippen LogP contribution in [0.2, 0.25) is 0 Å². The van der Waals surface area contributed by atoms with E-state index in [4.69, 9.17) is 0 Å². The molecule has 1 aromatic heterocycles. The summed E-state index contributed by atoms with van der Waals surface area (Å²) in [4.78, 5) is 8.67. The van der Waals surface area contributed by atoms with Gasteiger partial charge in [-0.05, 0) is 34.6 Å². The molecule has 0 fully saturated rings. The largest absolute Gasteiger partial charge is 0.243 e. The topological polar surface area (TPSA) is 25.8 Å². The van der Waals surface area contributed by atoms with Crippen molar-refractivity contribution in [1.82, 2.24) is 9.97 Å². The first-order valence-corrected chi connectivity index (χ1v) is 10.5. The maximum atomic E-state index is 14.5. The van der Waals surface area contributed by atoms with Crippen molar-refractivity contribution >= 4 is 10.8 Å². The minimum Gasteiger partial charge on any atom is -0.243 e. The van der Waals surface area contributed by atoms with Crippen molar-refractivity contribution in [2.24, 2.45) is 0 Å². The van der Waals surface area contributed by atoms with Crippen LogP contribution in [0.25, 0.3) is 10.8 Å². The van der Waals surface area contributed by atoms with Crippen LogP contribution in [-0.4, -0.2) is 16.1 Å². The summed E-state index contributed by atoms with van der Waals surface area (Å²) in [5, 5.41) is 1.10. The standard InChI is InChI=1S/C28H21F3N2/c1-3-22(29)16-19-8-10-20(11-9-19)18(2)26-14-15-32-27(33-26)13-12-24-23-7-5-4-6-21(23)17-25(30)28(24)31/h3-11,14-15,17-18,22H,1,16H2,2H3. The van der Waals surface area contributed by atoms with Gasteiger partial charge in [0, 0.05) is 23.9 Å². The van der Waals surface area contributed by atoms with E-state index in [1.54, 1.807) is 36.5 Å². The van der Waals surface area contributed by atoms with Gasteiger partial charge in [-0.2, -0.15) is 0 Å². The molecule has 2 nitrogen and oxygen atoms in total. The van der Waals surface area contributed by atoms with Crippen molar-refractivity contribution in [2.45, 2.75) is 25.4 Å². The number of alkyl halides is 1. The van der Waals surface area contributed by atoms with Crippen molar-refractivity contribution in [3.8, 4) is 11.8 Å². The Morgan fingerprint density at radius 1 is 1.03 bits per heavy atom. The predicted molar refractivity (Wildman–Crippen MR) is 125 cm³/mol. The first-order chi connectivity index (χ1) is 16.0. The van der Waals surface area contributed by atoms with Gasteiger partial charge in [0.25, 0.3) is 0 Å². The van der Waals surface area contributed by atoms with Crippen molar-refractivity contribution in [2.75, 3.05) is 0 Å². The zero-order valence-electron chi connectivity index (χ0n) is 18.0. The first kappa shape index (κ1) is 22.3. The Morgan fingerprint density at radius 2 is 1.79 bits per heavy atom. The smallest absolute Gasteiger partial charge is 0.205 e. The lowest BCUT2D eigenvalue weighted by atomic mass is 9.95. The number of nitrogens with zero attached hydrogens (tertiary/aromatic N) is 2. The summed E-state index contributed by atoms with van der Waals surface area (Å²) in [6.07, 6.45) is 2.10. The van der Waals surface area contributed by atoms with Gasteiger partial charge in [-0.1, -0.05) is 67.5 Å². The molecule has 3 aromatic carbocycles. The van der Waals surface area contributed by atoms with Crippen LogP contribution in [0, 0.1) is 23.5 Å². The monoisotopic (exact) mass is 442 g/mol. The zero-order valence-corrected chi connectivity index (χ0v) is 18.0. The van der Waals surface area contributed by atoms with Crippen LogP contribution in [0.4, 0.5) is 13.2 Å². The van der Waals surface area contributed by atoms with Gasteiger partial charge in [0.1, 0.15) is 6.17 Å². The summed E-state index contributed by atoms with van der Waals surface area (Å²) in [7, 11) is 0. The second kappa shape index (κ2) is 9.70. The molecule has 2 atom stereocenters. The number of halogens is 3. The normalized spacial score (nSPS) is 12.6. The Kier molecular flexibility index (Phi) is 6.55. The average molecular weight is 442 g/mol. The van der Waals surface area contributed by atoms with Gasteiger partial charge < -0.3 is 0 Å². The number of hydrogen-bond donors (Lipinski definition) is 0. The summed E-state index contributed by atoms with van der Waals surface area (Å²) < 4.78 is 42.0. The molecular formula is C28H21F3N2. The summed E-state index contributed by atoms with van der Waals surface area (Å²) in [5.41, 5.74) is 2.61. The van der Waals surface area contributed by atoms with E-state index in [2.05, 4.69) is 28.4 Å². The molecule has 4 rings (SSSR count). The van der Waals surface area contributed by atoms with E-state index in [-0.39, 0.29) is 23.7 Å². The second-order valence-electron chi connectivity index (χ2n) is 7.74. The van der Waals surface area contributed by atoms with Gasteiger partial charge in [0.2, 0.25) is 5.82 Å². The van der Waals surface area contributed by atoms with E-state index in [0.29, 0.717) is 10.8 Å². The predicted octanol–water partition coefficient (Wildman–Crippen LogP) is 6.53. The molecule has 4 aromatic rings. The van der Waals surface area contributed by atoms with E-state index in [0.717, 1.165) is 22.9 Å². The van der Waals surface area contributed by atoms with Gasteiger partial charge >= 0.3 is 0 Å². The fourth-order valence-electron chi connectivity index (χ4n) is 3.62. The molecule has 2 unspecified atom stereocenters. The van der Waals surface area contributed by atoms with E-state index in [9.17, 15) is 13.2 Å². The minimum absolute atomic E-state index is 0.0195. The first-order valence-electron chi connectivity index (χ1n) is 10.5. The van der Waals surface area contributed by atoms with Crippen molar-refractivity contribution in [3.63, 3.8) is 0 Å². The van der Waals surface area contributed by atoms with Crippen molar-refractivity contribution < 1.29 is 13.2 Å². The number of aromatic nitrogens is 2. The Bertz CT molecular complexity index is 1370. The van der Waals surface area contributed by atoms with Crippen molar-refractivity contribution in [3.05, 3.63) is 119 Å². The minimum atomic E-state index is -1.07. The highest BCUT2D eigenvalue weighted by Gasteiger charge is 2.13. The fraction of sp³-hybridized carbons (Fsp3) is 0.143. The molecule has 0 saturated carbocycles. The summed E-state index contributed by atoms with van der Waals surface area (Å²) in [5.74, 6) is 3.71. The molecule has 0 aliphatic carbocycles. The Morgan fingerprint density at radius 3 is 2.55 bits per heavy atom. The average Bonchev–Trinajstić information content (AvgIpc) is 2.84. The Hall–Kier alpha value is -3.91. The van der Waals surface area contributed by atoms with Gasteiger partial charge in [-0.25, -0.2) is 23.1 Å². The molecule has 0 aliphatic rings. The molecule has 0 spiro atoms. The van der Waals surface area contributed by atoms with Gasteiger partial charge in [0.15, 0.2) is 11.6 Å². The zero-order chi connectivity index (χ0) is 23.4. The Balaban J connectivity index is 1.61. The molecule has 0 aliphatic heterocycles. The van der Waals surface area contributed by atoms with Crippen LogP contribution >= 0.6 is 0 Å². The molecule has 33 heavy (non-hydrogen) atoms. The summed E-state index contributed by atoms with van der Waals surface area (Å²) in [6.45, 7) is 5.47. The van der Waals surface area contributed by atoms with Gasteiger partial charge in [-0.3, -0.25) is 0 Å². The molecule has 0 radical (unpaired) electrons. The molecule has 0 amide bonds. The molecule has 1 heterocycles. The third-order valence-electron chi connectivity index (χ3n) is 5.53. The lowest BCUT2D eigenvalue weighted by Gasteiger charge is -2.12. The van der Waals surface area contributed by atoms with Crippen LogP contribution in [0.1, 0.15) is 41.1 Å². The van der Waals surface area contributed by atoms with Crippen molar-refractivity contribution in [1.29, 1.82) is 0 Å². The molecule has 0 bridgehead atoms. The second-order valence-corrected chi connectivity index (χ2v) is 7.74. The van der Waals surface area contributed by atoms with Crippen LogP contribution in [0.3, 0.4) is 0 Å². The van der Waals surface area contributed by atoms with Crippen LogP contribution in [0.15, 0.2) is 79.5 Å². The molecule has 164 valence electrons. The lowest BCUT2D eigenvalue weighted by Crippen LogP contribution is -2.03. The van der Waals surface area contributed by atoms with E-state index in [1.807, 2.05) is 31.2 Å². The number of hydrogen-bond acceptors (Lipinski definition) is 2. The molecule has 0 saturated heterocycles. The van der Waals surface area contributed by atoms with Gasteiger partial charge in [0.05, 0.1) is 11.3 Å². The maximum absolute atomic E-state index is 14.5. The summed E-state index contributed by atoms with van der Waals surface area (Å²) in [6, 6.07) is 17.5. The highest BCUT2D eigenvalue weighted by molar-refractivity contribution is 5.88. The summed E-state index contributed by atoms with van der Waals surface area (Å²) >= 11 is 0. The quantitative estimate of drug-likeness (QED) is 0.260. The highest BCUT2D eigenvalue weighted by Crippen LogP contribution is 2.25. The van der Waals surface area contributed by atoms with Crippen LogP contribution < -0.4 is 0 Å². The van der Waals surface area contributed by atoms with E-state index < -0.39 is 17.8 Å². The third-order valence-corrected chi connectivity index (χ3v) is 5.53. The van der Waals surface area contributed by atoms with E-state index in [1.165, 1.54) is 6.08 Å². The highest BCUT2D eigenvalue weighted by atomic mass is 19.2. The number of rotatable bonds is 5. The fourth-order valence-corrected chi connectivity index (χ4v) is 3.62. The number of allylic oxidation sites excluding steroid dienone is 1. The van der Waals surface area contributed by atoms with Crippen LogP contribution in [-0.2, 0) is 6.42 Å². The molecular weight excluding hydrogens is 421 g/mol. The lowest BCUT2D eigenvalue weighted by molar-refractivity contribution is 0.399. The van der Waals surface area contributed by atoms with E-state index >= 15 is 0 Å². The molecule has 5 heteroatoms. The molecule has 0 N–H and O–H groups in total. The maximum Gasteiger partial charge on any atom is 0.205 e.